The molecule has 0 spiro atoms. The molecule has 2 atom stereocenters. The summed E-state index contributed by atoms with van der Waals surface area (Å²) in [4.78, 5) is 0. The van der Waals surface area contributed by atoms with Gasteiger partial charge in [0, 0.05) is 26.6 Å². The highest BCUT2D eigenvalue weighted by molar-refractivity contribution is 9.10. The normalized spacial score (nSPS) is 13.2. The third kappa shape index (κ3) is 5.24. The number of aliphatic hydroxyl groups is 1. The van der Waals surface area contributed by atoms with Gasteiger partial charge in [-0.15, -0.1) is 0 Å². The Bertz CT molecular complexity index is 835. The summed E-state index contributed by atoms with van der Waals surface area (Å²) in [6.07, 6.45) is -0.102. The highest BCUT2D eigenvalue weighted by Crippen LogP contribution is 2.31. The van der Waals surface area contributed by atoms with E-state index in [1.807, 2.05) is 60.7 Å². The Morgan fingerprint density at radius 1 is 0.769 bits per heavy atom. The number of rotatable bonds is 6. The van der Waals surface area contributed by atoms with Gasteiger partial charge in [-0.25, -0.2) is 0 Å². The van der Waals surface area contributed by atoms with Crippen molar-refractivity contribution < 1.29 is 5.11 Å². The van der Waals surface area contributed by atoms with Gasteiger partial charge in [0.05, 0.1) is 12.1 Å². The minimum Gasteiger partial charge on any atom is -0.388 e. The van der Waals surface area contributed by atoms with Crippen molar-refractivity contribution in [2.24, 2.45) is 0 Å². The molecule has 0 aliphatic heterocycles. The monoisotopic (exact) mass is 449 g/mol. The summed E-state index contributed by atoms with van der Waals surface area (Å²) >= 11 is 15.4. The van der Waals surface area contributed by atoms with E-state index in [2.05, 4.69) is 21.2 Å². The smallest absolute Gasteiger partial charge is 0.0813 e. The molecule has 0 saturated carbocycles. The summed E-state index contributed by atoms with van der Waals surface area (Å²) in [5.41, 5.74) is 2.88. The van der Waals surface area contributed by atoms with Crippen LogP contribution < -0.4 is 5.32 Å². The summed E-state index contributed by atoms with van der Waals surface area (Å²) in [5, 5.41) is 15.6. The Hall–Kier alpha value is -1.52. The maximum Gasteiger partial charge on any atom is 0.0813 e. The predicted molar refractivity (Wildman–Crippen MR) is 113 cm³/mol. The standard InChI is InChI=1S/C21H18BrCl2NO/c22-16-5-11-19(12-6-16)25-20(14-1-7-17(23)8-2-14)13-21(26)15-3-9-18(24)10-4-15/h1-12,20-21,25-26H,13H2. The summed E-state index contributed by atoms with van der Waals surface area (Å²) in [6.45, 7) is 0. The molecule has 2 N–H and O–H groups in total. The van der Waals surface area contributed by atoms with Crippen LogP contribution in [0.25, 0.3) is 0 Å². The van der Waals surface area contributed by atoms with Gasteiger partial charge in [0.1, 0.15) is 0 Å². The highest BCUT2D eigenvalue weighted by atomic mass is 79.9. The Labute approximate surface area is 171 Å². The average Bonchev–Trinajstić information content (AvgIpc) is 2.64. The minimum atomic E-state index is -0.615. The number of aliphatic hydroxyl groups excluding tert-OH is 1. The zero-order valence-electron chi connectivity index (χ0n) is 13.9. The Morgan fingerprint density at radius 3 is 1.81 bits per heavy atom. The Kier molecular flexibility index (Phi) is 6.60. The molecule has 3 aromatic carbocycles. The molecule has 0 heterocycles. The lowest BCUT2D eigenvalue weighted by molar-refractivity contribution is 0.160. The summed E-state index contributed by atoms with van der Waals surface area (Å²) in [7, 11) is 0. The third-order valence-corrected chi connectivity index (χ3v) is 5.20. The molecular weight excluding hydrogens is 433 g/mol. The van der Waals surface area contributed by atoms with Gasteiger partial charge in [0.15, 0.2) is 0 Å². The van der Waals surface area contributed by atoms with Gasteiger partial charge >= 0.3 is 0 Å². The van der Waals surface area contributed by atoms with Crippen LogP contribution in [0.3, 0.4) is 0 Å². The van der Waals surface area contributed by atoms with Gasteiger partial charge in [-0.1, -0.05) is 63.4 Å². The van der Waals surface area contributed by atoms with Gasteiger partial charge in [0.2, 0.25) is 0 Å². The van der Waals surface area contributed by atoms with E-state index in [0.29, 0.717) is 16.5 Å². The maximum absolute atomic E-state index is 10.7. The van der Waals surface area contributed by atoms with Crippen LogP contribution >= 0.6 is 39.1 Å². The summed E-state index contributed by atoms with van der Waals surface area (Å²) in [6, 6.07) is 22.9. The molecule has 0 aromatic heterocycles. The molecule has 0 bridgehead atoms. The first-order chi connectivity index (χ1) is 12.5. The van der Waals surface area contributed by atoms with E-state index < -0.39 is 6.10 Å². The molecule has 134 valence electrons. The number of hydrogen-bond donors (Lipinski definition) is 2. The van der Waals surface area contributed by atoms with Gasteiger partial charge in [-0.3, -0.25) is 0 Å². The number of halogens is 3. The van der Waals surface area contributed by atoms with Crippen molar-refractivity contribution >= 4 is 44.8 Å². The molecule has 0 radical (unpaired) electrons. The van der Waals surface area contributed by atoms with Crippen LogP contribution in [0.5, 0.6) is 0 Å². The molecule has 0 aliphatic carbocycles. The van der Waals surface area contributed by atoms with Gasteiger partial charge in [-0.2, -0.15) is 0 Å². The van der Waals surface area contributed by atoms with E-state index in [0.717, 1.165) is 21.3 Å². The lowest BCUT2D eigenvalue weighted by Crippen LogP contribution is -2.15. The van der Waals surface area contributed by atoms with Crippen molar-refractivity contribution in [3.63, 3.8) is 0 Å². The van der Waals surface area contributed by atoms with Gasteiger partial charge < -0.3 is 10.4 Å². The van der Waals surface area contributed by atoms with E-state index in [1.54, 1.807) is 12.1 Å². The number of nitrogens with one attached hydrogen (secondary N) is 1. The van der Waals surface area contributed by atoms with Crippen LogP contribution in [0.15, 0.2) is 77.3 Å². The van der Waals surface area contributed by atoms with Crippen molar-refractivity contribution in [2.75, 3.05) is 5.32 Å². The number of hydrogen-bond acceptors (Lipinski definition) is 2. The summed E-state index contributed by atoms with van der Waals surface area (Å²) in [5.74, 6) is 0. The minimum absolute atomic E-state index is 0.0703. The van der Waals surface area contributed by atoms with Crippen molar-refractivity contribution in [2.45, 2.75) is 18.6 Å². The SMILES string of the molecule is OC(CC(Nc1ccc(Br)cc1)c1ccc(Cl)cc1)c1ccc(Cl)cc1. The first kappa shape index (κ1) is 19.2. The fourth-order valence-electron chi connectivity index (χ4n) is 2.77. The van der Waals surface area contributed by atoms with Crippen LogP contribution in [0.1, 0.15) is 29.7 Å². The van der Waals surface area contributed by atoms with Crippen LogP contribution in [0.2, 0.25) is 10.0 Å². The van der Waals surface area contributed by atoms with E-state index in [-0.39, 0.29) is 6.04 Å². The average molecular weight is 451 g/mol. The predicted octanol–water partition coefficient (Wildman–Crippen LogP) is 7.03. The quantitative estimate of drug-likeness (QED) is 0.422. The molecular formula is C21H18BrCl2NO. The first-order valence-electron chi connectivity index (χ1n) is 8.22. The molecule has 0 aliphatic rings. The maximum atomic E-state index is 10.7. The first-order valence-corrected chi connectivity index (χ1v) is 9.77. The van der Waals surface area contributed by atoms with Crippen LogP contribution in [0, 0.1) is 0 Å². The molecule has 3 aromatic rings. The van der Waals surface area contributed by atoms with Crippen LogP contribution in [-0.2, 0) is 0 Å². The van der Waals surface area contributed by atoms with Crippen molar-refractivity contribution in [1.82, 2.24) is 0 Å². The number of anilines is 1. The zero-order chi connectivity index (χ0) is 18.5. The fraction of sp³-hybridized carbons (Fsp3) is 0.143. The van der Waals surface area contributed by atoms with Gasteiger partial charge in [-0.05, 0) is 59.7 Å². The molecule has 26 heavy (non-hydrogen) atoms. The van der Waals surface area contributed by atoms with Crippen molar-refractivity contribution in [3.8, 4) is 0 Å². The van der Waals surface area contributed by atoms with Crippen LogP contribution in [0.4, 0.5) is 5.69 Å². The van der Waals surface area contributed by atoms with E-state index in [4.69, 9.17) is 23.2 Å². The molecule has 0 fully saturated rings. The topological polar surface area (TPSA) is 32.3 Å². The van der Waals surface area contributed by atoms with E-state index in [1.165, 1.54) is 0 Å². The second-order valence-corrected chi connectivity index (χ2v) is 7.85. The molecule has 0 amide bonds. The third-order valence-electron chi connectivity index (χ3n) is 4.17. The number of benzene rings is 3. The second-order valence-electron chi connectivity index (χ2n) is 6.06. The fourth-order valence-corrected chi connectivity index (χ4v) is 3.28. The zero-order valence-corrected chi connectivity index (χ0v) is 17.0. The molecule has 5 heteroatoms. The molecule has 2 unspecified atom stereocenters. The second kappa shape index (κ2) is 8.92. The van der Waals surface area contributed by atoms with Crippen molar-refractivity contribution in [1.29, 1.82) is 0 Å². The Balaban J connectivity index is 1.83. The largest absolute Gasteiger partial charge is 0.388 e. The molecule has 3 rings (SSSR count). The lowest BCUT2D eigenvalue weighted by Gasteiger charge is -2.24. The van der Waals surface area contributed by atoms with Crippen molar-refractivity contribution in [3.05, 3.63) is 98.4 Å². The highest BCUT2D eigenvalue weighted by Gasteiger charge is 2.18. The van der Waals surface area contributed by atoms with E-state index >= 15 is 0 Å². The lowest BCUT2D eigenvalue weighted by atomic mass is 9.96. The molecule has 0 saturated heterocycles. The molecule has 2 nitrogen and oxygen atoms in total. The summed E-state index contributed by atoms with van der Waals surface area (Å²) < 4.78 is 1.02. The van der Waals surface area contributed by atoms with Gasteiger partial charge in [0.25, 0.3) is 0 Å². The van der Waals surface area contributed by atoms with Crippen LogP contribution in [-0.4, -0.2) is 5.11 Å². The Morgan fingerprint density at radius 2 is 1.27 bits per heavy atom. The van der Waals surface area contributed by atoms with E-state index in [9.17, 15) is 5.11 Å².